The highest BCUT2D eigenvalue weighted by Crippen LogP contribution is 2.47. The van der Waals surface area contributed by atoms with Crippen molar-refractivity contribution in [2.45, 2.75) is 0 Å². The van der Waals surface area contributed by atoms with Gasteiger partial charge in [0, 0.05) is 71.5 Å². The molecule has 7 nitrogen and oxygen atoms in total. The summed E-state index contributed by atoms with van der Waals surface area (Å²) in [6.07, 6.45) is 0. The number of nitriles is 2. The molecule has 422 valence electrons. The van der Waals surface area contributed by atoms with Crippen LogP contribution < -0.4 is 0 Å². The van der Waals surface area contributed by atoms with E-state index in [0.29, 0.717) is 17.0 Å². The van der Waals surface area contributed by atoms with Gasteiger partial charge in [-0.1, -0.05) is 206 Å². The molecule has 13 aromatic carbocycles. The lowest BCUT2D eigenvalue weighted by molar-refractivity contribution is 1.16. The summed E-state index contributed by atoms with van der Waals surface area (Å²) >= 11 is 0. The van der Waals surface area contributed by atoms with E-state index in [2.05, 4.69) is 262 Å². The highest BCUT2D eigenvalue weighted by Gasteiger charge is 2.25. The van der Waals surface area contributed by atoms with E-state index in [1.54, 1.807) is 0 Å². The van der Waals surface area contributed by atoms with Gasteiger partial charge in [-0.05, 0) is 137 Å². The maximum Gasteiger partial charge on any atom is 0.160 e. The van der Waals surface area contributed by atoms with Crippen molar-refractivity contribution < 1.29 is 0 Å². The standard InChI is InChI=1S/C84H51N7/c85-52-60-23-7-9-25-65(60)58-39-45-81-73(47-58)74-48-59(66-26-10-8-24-61(66)53-86)40-46-82(74)91(81)83-71(54-35-41-63(42-36-54)89-77-31-15-11-27-67(77)68-28-12-16-32-78(68)89)49-62(76-51-75(56-19-3-1-4-20-56)87-84(88-76)57-21-5-2-6-22-57)50-72(83)55-37-43-64(44-38-55)90-79-33-17-13-29-69(79)70-30-14-18-34-80(70)90/h1-51H. The van der Waals surface area contributed by atoms with Gasteiger partial charge in [0.2, 0.25) is 0 Å². The van der Waals surface area contributed by atoms with Gasteiger partial charge in [0.1, 0.15) is 0 Å². The second kappa shape index (κ2) is 21.6. The Hall–Kier alpha value is -12.7. The number of benzene rings is 13. The Morgan fingerprint density at radius 2 is 0.593 bits per heavy atom. The molecular formula is C84H51N7. The molecule has 17 rings (SSSR count). The number of aromatic nitrogens is 5. The van der Waals surface area contributed by atoms with E-state index in [1.807, 2.05) is 72.8 Å². The maximum atomic E-state index is 10.5. The molecule has 0 unspecified atom stereocenters. The third-order valence-corrected chi connectivity index (χ3v) is 18.0. The molecule has 0 saturated carbocycles. The Bertz CT molecular complexity index is 5380. The van der Waals surface area contributed by atoms with Crippen molar-refractivity contribution in [2.24, 2.45) is 0 Å². The summed E-state index contributed by atoms with van der Waals surface area (Å²) in [5.74, 6) is 0.625. The molecule has 0 spiro atoms. The fourth-order valence-corrected chi connectivity index (χ4v) is 13.8. The number of hydrogen-bond donors (Lipinski definition) is 0. The van der Waals surface area contributed by atoms with Crippen LogP contribution in [0.4, 0.5) is 0 Å². The molecule has 17 aromatic rings. The molecule has 7 heteroatoms. The van der Waals surface area contributed by atoms with Gasteiger partial charge in [0.25, 0.3) is 0 Å². The third kappa shape index (κ3) is 8.80. The third-order valence-electron chi connectivity index (χ3n) is 18.0. The van der Waals surface area contributed by atoms with Gasteiger partial charge in [0.05, 0.1) is 73.4 Å². The smallest absolute Gasteiger partial charge is 0.160 e. The first kappa shape index (κ1) is 52.6. The highest BCUT2D eigenvalue weighted by molar-refractivity contribution is 6.14. The predicted octanol–water partition coefficient (Wildman–Crippen LogP) is 21.2. The monoisotopic (exact) mass is 1160 g/mol. The molecule has 0 radical (unpaired) electrons. The van der Waals surface area contributed by atoms with E-state index >= 15 is 0 Å². The number of nitrogens with zero attached hydrogens (tertiary/aromatic N) is 7. The van der Waals surface area contributed by atoms with Crippen LogP contribution in [0.3, 0.4) is 0 Å². The molecule has 0 fully saturated rings. The zero-order valence-electron chi connectivity index (χ0n) is 49.1. The maximum absolute atomic E-state index is 10.5. The number of rotatable bonds is 10. The predicted molar refractivity (Wildman–Crippen MR) is 373 cm³/mol. The first-order valence-electron chi connectivity index (χ1n) is 30.5. The highest BCUT2D eigenvalue weighted by atomic mass is 15.0. The Labute approximate surface area is 524 Å². The quantitative estimate of drug-likeness (QED) is 0.136. The number of hydrogen-bond acceptors (Lipinski definition) is 4. The topological polar surface area (TPSA) is 88.2 Å². The molecule has 0 saturated heterocycles. The Morgan fingerprint density at radius 3 is 1.02 bits per heavy atom. The van der Waals surface area contributed by atoms with Crippen LogP contribution in [-0.4, -0.2) is 23.7 Å². The van der Waals surface area contributed by atoms with E-state index in [9.17, 15) is 10.5 Å². The van der Waals surface area contributed by atoms with Crippen molar-refractivity contribution in [3.8, 4) is 108 Å². The van der Waals surface area contributed by atoms with E-state index in [-0.39, 0.29) is 0 Å². The van der Waals surface area contributed by atoms with Gasteiger partial charge in [-0.15, -0.1) is 0 Å². The largest absolute Gasteiger partial charge is 0.309 e. The molecule has 0 amide bonds. The van der Waals surface area contributed by atoms with Crippen LogP contribution in [0.25, 0.3) is 161 Å². The summed E-state index contributed by atoms with van der Waals surface area (Å²) in [5.41, 5.74) is 22.6. The first-order chi connectivity index (χ1) is 45.0. The normalized spacial score (nSPS) is 11.5. The Morgan fingerprint density at radius 1 is 0.242 bits per heavy atom. The second-order valence-corrected chi connectivity index (χ2v) is 23.1. The lowest BCUT2D eigenvalue weighted by Gasteiger charge is -2.22. The minimum atomic E-state index is 0.596. The summed E-state index contributed by atoms with van der Waals surface area (Å²) in [7, 11) is 0. The van der Waals surface area contributed by atoms with Crippen LogP contribution >= 0.6 is 0 Å². The van der Waals surface area contributed by atoms with Crippen LogP contribution in [0, 0.1) is 22.7 Å². The van der Waals surface area contributed by atoms with E-state index < -0.39 is 0 Å². The van der Waals surface area contributed by atoms with Crippen molar-refractivity contribution in [3.63, 3.8) is 0 Å². The van der Waals surface area contributed by atoms with E-state index in [0.717, 1.165) is 134 Å². The van der Waals surface area contributed by atoms with Gasteiger partial charge >= 0.3 is 0 Å². The van der Waals surface area contributed by atoms with Crippen LogP contribution in [0.2, 0.25) is 0 Å². The average Bonchev–Trinajstić information content (AvgIpc) is 1.65. The zero-order chi connectivity index (χ0) is 60.5. The molecule has 4 heterocycles. The summed E-state index contributed by atoms with van der Waals surface area (Å²) in [5, 5.41) is 27.8. The minimum Gasteiger partial charge on any atom is -0.309 e. The van der Waals surface area contributed by atoms with Crippen molar-refractivity contribution in [1.29, 1.82) is 10.5 Å². The lowest BCUT2D eigenvalue weighted by atomic mass is 9.91. The molecular weight excluding hydrogens is 1110 g/mol. The van der Waals surface area contributed by atoms with Gasteiger partial charge in [-0.3, -0.25) is 0 Å². The Balaban J connectivity index is 0.984. The van der Waals surface area contributed by atoms with Gasteiger partial charge in [-0.25, -0.2) is 9.97 Å². The van der Waals surface area contributed by atoms with Crippen molar-refractivity contribution in [2.75, 3.05) is 0 Å². The molecule has 0 atom stereocenters. The minimum absolute atomic E-state index is 0.596. The molecule has 0 aliphatic rings. The van der Waals surface area contributed by atoms with E-state index in [4.69, 9.17) is 9.97 Å². The van der Waals surface area contributed by atoms with Crippen LogP contribution in [-0.2, 0) is 0 Å². The SMILES string of the molecule is N#Cc1ccccc1-c1ccc2c(c1)c1cc(-c3ccccc3C#N)ccc1n2-c1c(-c2ccc(-n3c4ccccc4c4ccccc43)cc2)cc(-c2cc(-c3ccccc3)nc(-c3ccccc3)n2)cc1-c1ccc(-n2c3ccccc3c3ccccc32)cc1. The van der Waals surface area contributed by atoms with Crippen molar-refractivity contribution in [1.82, 2.24) is 23.7 Å². The summed E-state index contributed by atoms with van der Waals surface area (Å²) in [6.45, 7) is 0. The molecule has 0 aliphatic heterocycles. The summed E-state index contributed by atoms with van der Waals surface area (Å²) < 4.78 is 7.17. The summed E-state index contributed by atoms with van der Waals surface area (Å²) in [6, 6.07) is 114. The first-order valence-corrected chi connectivity index (χ1v) is 30.5. The van der Waals surface area contributed by atoms with Crippen molar-refractivity contribution >= 4 is 65.4 Å². The molecule has 91 heavy (non-hydrogen) atoms. The number of para-hydroxylation sites is 4. The fourth-order valence-electron chi connectivity index (χ4n) is 13.8. The van der Waals surface area contributed by atoms with Crippen LogP contribution in [0.5, 0.6) is 0 Å². The Kier molecular flexibility index (Phi) is 12.5. The molecule has 4 aromatic heterocycles. The molecule has 0 aliphatic carbocycles. The fraction of sp³-hybridized carbons (Fsp3) is 0. The number of fused-ring (bicyclic) bond motifs is 9. The molecule has 0 N–H and O–H groups in total. The van der Waals surface area contributed by atoms with Gasteiger partial charge in [0.15, 0.2) is 5.82 Å². The van der Waals surface area contributed by atoms with Crippen molar-refractivity contribution in [3.05, 3.63) is 321 Å². The zero-order valence-corrected chi connectivity index (χ0v) is 49.1. The average molecular weight is 1160 g/mol. The van der Waals surface area contributed by atoms with Crippen LogP contribution in [0.1, 0.15) is 11.1 Å². The summed E-state index contributed by atoms with van der Waals surface area (Å²) in [4.78, 5) is 10.8. The molecule has 0 bridgehead atoms. The van der Waals surface area contributed by atoms with Gasteiger partial charge < -0.3 is 13.7 Å². The van der Waals surface area contributed by atoms with Crippen LogP contribution in [0.15, 0.2) is 309 Å². The second-order valence-electron chi connectivity index (χ2n) is 23.1. The lowest BCUT2D eigenvalue weighted by Crippen LogP contribution is -2.03. The van der Waals surface area contributed by atoms with E-state index in [1.165, 1.54) is 21.5 Å². The van der Waals surface area contributed by atoms with Gasteiger partial charge in [-0.2, -0.15) is 10.5 Å².